The number of aliphatic hydroxyl groups is 2. The molecule has 0 heterocycles. The molecule has 0 aromatic heterocycles. The molecule has 0 radical (unpaired) electrons. The minimum Gasteiger partial charge on any atom is -0.490 e. The van der Waals surface area contributed by atoms with Gasteiger partial charge in [-0.2, -0.15) is 0 Å². The van der Waals surface area contributed by atoms with Crippen LogP contribution in [0.4, 0.5) is 0 Å². The summed E-state index contributed by atoms with van der Waals surface area (Å²) >= 11 is 0. The summed E-state index contributed by atoms with van der Waals surface area (Å²) in [6, 6.07) is 23.4. The maximum absolute atomic E-state index is 11.7. The molecule has 0 amide bonds. The zero-order chi connectivity index (χ0) is 37.8. The van der Waals surface area contributed by atoms with Crippen LogP contribution in [0.15, 0.2) is 78.9 Å². The minimum absolute atomic E-state index is 0.0363. The number of hydrogen-bond donors (Lipinski definition) is 2. The van der Waals surface area contributed by atoms with E-state index in [0.717, 1.165) is 35.8 Å². The standard InChI is InChI=1S/C45H60O8/c1-4-5-6-7-8-9-40-30-41(39-20-24-43(25-21-39)51-27-29-53-45(49)34(3)32-47)17-16-38(40)15-12-35-10-13-36(14-11-35)37-18-22-42(23-19-37)50-26-28-52-44(48)33(2)31-46/h16-25,30,34-36,46-47H,2,4-15,26-29,31-32H2,1,3H3. The minimum atomic E-state index is -0.602. The lowest BCUT2D eigenvalue weighted by Gasteiger charge is -2.29. The summed E-state index contributed by atoms with van der Waals surface area (Å²) in [5.74, 6) is 1.24. The summed E-state index contributed by atoms with van der Waals surface area (Å²) in [6.45, 7) is 7.48. The number of esters is 2. The Morgan fingerprint density at radius 2 is 1.36 bits per heavy atom. The van der Waals surface area contributed by atoms with E-state index in [1.807, 2.05) is 24.3 Å². The first-order chi connectivity index (χ1) is 25.8. The molecule has 3 aromatic rings. The van der Waals surface area contributed by atoms with Crippen molar-refractivity contribution in [2.24, 2.45) is 11.8 Å². The van der Waals surface area contributed by atoms with E-state index in [1.165, 1.54) is 86.5 Å². The van der Waals surface area contributed by atoms with Crippen LogP contribution in [0.2, 0.25) is 0 Å². The number of hydrogen-bond acceptors (Lipinski definition) is 8. The first kappa shape index (κ1) is 41.6. The molecule has 0 bridgehead atoms. The molecule has 3 aromatic carbocycles. The van der Waals surface area contributed by atoms with E-state index in [9.17, 15) is 9.59 Å². The van der Waals surface area contributed by atoms with Gasteiger partial charge in [-0.3, -0.25) is 4.79 Å². The van der Waals surface area contributed by atoms with Crippen molar-refractivity contribution in [2.45, 2.75) is 96.8 Å². The second-order valence-electron chi connectivity index (χ2n) is 14.3. The van der Waals surface area contributed by atoms with Crippen molar-refractivity contribution in [1.29, 1.82) is 0 Å². The van der Waals surface area contributed by atoms with Crippen LogP contribution in [0.3, 0.4) is 0 Å². The number of aliphatic hydroxyl groups excluding tert-OH is 2. The van der Waals surface area contributed by atoms with Gasteiger partial charge in [-0.1, -0.05) is 81.7 Å². The zero-order valence-corrected chi connectivity index (χ0v) is 31.9. The highest BCUT2D eigenvalue weighted by Crippen LogP contribution is 2.38. The molecule has 1 fully saturated rings. The molecule has 1 saturated carbocycles. The van der Waals surface area contributed by atoms with Gasteiger partial charge in [0, 0.05) is 0 Å². The smallest absolute Gasteiger partial charge is 0.335 e. The Kier molecular flexibility index (Phi) is 17.9. The first-order valence-corrected chi connectivity index (χ1v) is 19.6. The van der Waals surface area contributed by atoms with Gasteiger partial charge in [0.2, 0.25) is 0 Å². The van der Waals surface area contributed by atoms with Gasteiger partial charge in [-0.15, -0.1) is 0 Å². The third-order valence-corrected chi connectivity index (χ3v) is 10.3. The van der Waals surface area contributed by atoms with Crippen LogP contribution < -0.4 is 9.47 Å². The molecular formula is C45H60O8. The van der Waals surface area contributed by atoms with E-state index in [0.29, 0.717) is 5.92 Å². The Hall–Kier alpha value is -4.14. The maximum Gasteiger partial charge on any atom is 0.335 e. The number of carbonyl (C=O) groups excluding carboxylic acids is 2. The van der Waals surface area contributed by atoms with Crippen LogP contribution in [-0.4, -0.2) is 61.8 Å². The monoisotopic (exact) mass is 728 g/mol. The number of unbranched alkanes of at least 4 members (excludes halogenated alkanes) is 4. The topological polar surface area (TPSA) is 112 Å². The van der Waals surface area contributed by atoms with Crippen LogP contribution in [0.1, 0.15) is 101 Å². The van der Waals surface area contributed by atoms with Gasteiger partial charge in [-0.25, -0.2) is 4.79 Å². The summed E-state index contributed by atoms with van der Waals surface area (Å²) in [5.41, 5.74) is 6.73. The molecular weight excluding hydrogens is 668 g/mol. The largest absolute Gasteiger partial charge is 0.490 e. The van der Waals surface area contributed by atoms with E-state index in [2.05, 4.69) is 56.0 Å². The van der Waals surface area contributed by atoms with Crippen molar-refractivity contribution in [3.05, 3.63) is 95.6 Å². The Morgan fingerprint density at radius 3 is 2.00 bits per heavy atom. The molecule has 53 heavy (non-hydrogen) atoms. The quantitative estimate of drug-likeness (QED) is 0.0567. The fourth-order valence-corrected chi connectivity index (χ4v) is 6.90. The third-order valence-electron chi connectivity index (χ3n) is 10.3. The predicted molar refractivity (Wildman–Crippen MR) is 209 cm³/mol. The van der Waals surface area contributed by atoms with E-state index >= 15 is 0 Å². The normalized spacial score (nSPS) is 16.1. The van der Waals surface area contributed by atoms with Crippen LogP contribution in [0, 0.1) is 11.8 Å². The van der Waals surface area contributed by atoms with Gasteiger partial charge >= 0.3 is 11.9 Å². The van der Waals surface area contributed by atoms with Crippen LogP contribution in [0.5, 0.6) is 11.5 Å². The highest BCUT2D eigenvalue weighted by molar-refractivity contribution is 5.87. The van der Waals surface area contributed by atoms with Crippen LogP contribution in [0.25, 0.3) is 11.1 Å². The van der Waals surface area contributed by atoms with Gasteiger partial charge in [0.05, 0.1) is 24.7 Å². The van der Waals surface area contributed by atoms with E-state index in [4.69, 9.17) is 29.2 Å². The van der Waals surface area contributed by atoms with Gasteiger partial charge in [0.15, 0.2) is 0 Å². The average molecular weight is 729 g/mol. The van der Waals surface area contributed by atoms with E-state index in [-0.39, 0.29) is 38.6 Å². The van der Waals surface area contributed by atoms with E-state index in [1.54, 1.807) is 6.92 Å². The second kappa shape index (κ2) is 22.8. The highest BCUT2D eigenvalue weighted by atomic mass is 16.6. The molecule has 1 atom stereocenters. The Balaban J connectivity index is 1.26. The van der Waals surface area contributed by atoms with Gasteiger partial charge in [0.25, 0.3) is 0 Å². The van der Waals surface area contributed by atoms with Gasteiger partial charge < -0.3 is 29.2 Å². The Morgan fingerprint density at radius 1 is 0.736 bits per heavy atom. The van der Waals surface area contributed by atoms with Gasteiger partial charge in [-0.05, 0) is 122 Å². The fourth-order valence-electron chi connectivity index (χ4n) is 6.90. The predicted octanol–water partition coefficient (Wildman–Crippen LogP) is 8.79. The molecule has 4 rings (SSSR count). The molecule has 8 nitrogen and oxygen atoms in total. The molecule has 0 spiro atoms. The Labute approximate surface area is 316 Å². The number of aryl methyl sites for hydroxylation is 2. The van der Waals surface area contributed by atoms with Crippen molar-refractivity contribution < 1.29 is 38.7 Å². The zero-order valence-electron chi connectivity index (χ0n) is 31.9. The number of rotatable bonds is 23. The van der Waals surface area contributed by atoms with Crippen molar-refractivity contribution in [3.63, 3.8) is 0 Å². The van der Waals surface area contributed by atoms with Crippen molar-refractivity contribution in [2.75, 3.05) is 39.6 Å². The lowest BCUT2D eigenvalue weighted by atomic mass is 9.76. The van der Waals surface area contributed by atoms with E-state index < -0.39 is 24.5 Å². The maximum atomic E-state index is 11.7. The highest BCUT2D eigenvalue weighted by Gasteiger charge is 2.23. The van der Waals surface area contributed by atoms with Crippen molar-refractivity contribution >= 4 is 11.9 Å². The van der Waals surface area contributed by atoms with Gasteiger partial charge in [0.1, 0.15) is 37.9 Å². The number of carbonyl (C=O) groups is 2. The molecule has 1 aliphatic carbocycles. The lowest BCUT2D eigenvalue weighted by molar-refractivity contribution is -0.150. The summed E-state index contributed by atoms with van der Waals surface area (Å²) in [4.78, 5) is 23.3. The summed E-state index contributed by atoms with van der Waals surface area (Å²) in [7, 11) is 0. The number of benzene rings is 3. The summed E-state index contributed by atoms with van der Waals surface area (Å²) in [6.07, 6.45) is 14.7. The van der Waals surface area contributed by atoms with Crippen molar-refractivity contribution in [3.8, 4) is 22.6 Å². The average Bonchev–Trinajstić information content (AvgIpc) is 3.20. The molecule has 288 valence electrons. The fraction of sp³-hybridized carbons (Fsp3) is 0.511. The van der Waals surface area contributed by atoms with Crippen molar-refractivity contribution in [1.82, 2.24) is 0 Å². The molecule has 2 N–H and O–H groups in total. The molecule has 8 heteroatoms. The summed E-state index contributed by atoms with van der Waals surface area (Å²) in [5, 5.41) is 18.0. The lowest BCUT2D eigenvalue weighted by Crippen LogP contribution is -2.20. The van der Waals surface area contributed by atoms with Crippen LogP contribution >= 0.6 is 0 Å². The molecule has 0 saturated heterocycles. The first-order valence-electron chi connectivity index (χ1n) is 19.6. The molecule has 1 unspecified atom stereocenters. The van der Waals surface area contributed by atoms with Crippen LogP contribution in [-0.2, 0) is 31.9 Å². The molecule has 1 aliphatic rings. The summed E-state index contributed by atoms with van der Waals surface area (Å²) < 4.78 is 21.7. The molecule has 0 aliphatic heterocycles. The SMILES string of the molecule is C=C(CO)C(=O)OCCOc1ccc(C2CCC(CCc3ccc(-c4ccc(OCCOC(=O)C(C)CO)cc4)cc3CCCCCCC)CC2)cc1. The third kappa shape index (κ3) is 14.0. The second-order valence-corrected chi connectivity index (χ2v) is 14.3. The Bertz CT molecular complexity index is 1540. The number of ether oxygens (including phenoxy) is 4.